The van der Waals surface area contributed by atoms with Crippen molar-refractivity contribution in [3.05, 3.63) is 11.8 Å². The van der Waals surface area contributed by atoms with E-state index in [-0.39, 0.29) is 0 Å². The van der Waals surface area contributed by atoms with Crippen molar-refractivity contribution in [1.82, 2.24) is 5.32 Å². The predicted molar refractivity (Wildman–Crippen MR) is 77.2 cm³/mol. The molecule has 0 radical (unpaired) electrons. The van der Waals surface area contributed by atoms with Crippen LogP contribution < -0.4 is 5.32 Å². The molecule has 1 rings (SSSR count). The molecule has 0 aromatic rings. The highest BCUT2D eigenvalue weighted by atomic mass is 14.9. The lowest BCUT2D eigenvalue weighted by atomic mass is 10.0. The van der Waals surface area contributed by atoms with Crippen LogP contribution in [0.5, 0.6) is 0 Å². The molecule has 1 heteroatoms. The lowest BCUT2D eigenvalue weighted by Gasteiger charge is -2.14. The van der Waals surface area contributed by atoms with Crippen LogP contribution in [-0.2, 0) is 0 Å². The quantitative estimate of drug-likeness (QED) is 0.517. The predicted octanol–water partition coefficient (Wildman–Crippen LogP) is 5.17. The Kier molecular flexibility index (Phi) is 9.17. The zero-order chi connectivity index (χ0) is 12.2. The van der Waals surface area contributed by atoms with Crippen molar-refractivity contribution >= 4 is 0 Å². The molecule has 0 atom stereocenters. The third kappa shape index (κ3) is 8.29. The molecule has 0 saturated carbocycles. The van der Waals surface area contributed by atoms with Gasteiger partial charge in [-0.25, -0.2) is 0 Å². The zero-order valence-corrected chi connectivity index (χ0v) is 11.8. The van der Waals surface area contributed by atoms with Gasteiger partial charge in [-0.2, -0.15) is 0 Å². The van der Waals surface area contributed by atoms with Crippen LogP contribution in [0.1, 0.15) is 84.0 Å². The highest BCUT2D eigenvalue weighted by Crippen LogP contribution is 2.15. The highest BCUT2D eigenvalue weighted by Gasteiger charge is 2.01. The first-order chi connectivity index (χ1) is 8.43. The SMILES string of the molecule is CCCCCCCCCCNC1=CCCCC1. The van der Waals surface area contributed by atoms with Gasteiger partial charge >= 0.3 is 0 Å². The standard InChI is InChI=1S/C16H31N/c1-2-3-4-5-6-7-8-12-15-17-16-13-10-9-11-14-16/h13,17H,2-12,14-15H2,1H3. The fraction of sp³-hybridized carbons (Fsp3) is 0.875. The normalized spacial score (nSPS) is 15.7. The van der Waals surface area contributed by atoms with E-state index in [2.05, 4.69) is 18.3 Å². The average Bonchev–Trinajstić information content (AvgIpc) is 2.38. The summed E-state index contributed by atoms with van der Waals surface area (Å²) in [5.41, 5.74) is 1.51. The number of unbranched alkanes of at least 4 members (excludes halogenated alkanes) is 7. The van der Waals surface area contributed by atoms with E-state index in [1.54, 1.807) is 0 Å². The Morgan fingerprint density at radius 1 is 0.941 bits per heavy atom. The molecular weight excluding hydrogens is 206 g/mol. The Bertz CT molecular complexity index is 196. The molecule has 1 N–H and O–H groups in total. The summed E-state index contributed by atoms with van der Waals surface area (Å²) in [6, 6.07) is 0. The number of allylic oxidation sites excluding steroid dienone is 2. The van der Waals surface area contributed by atoms with Crippen LogP contribution in [-0.4, -0.2) is 6.54 Å². The molecule has 1 aliphatic rings. The summed E-state index contributed by atoms with van der Waals surface area (Å²) >= 11 is 0. The molecule has 0 spiro atoms. The fourth-order valence-electron chi connectivity index (χ4n) is 2.51. The number of rotatable bonds is 10. The van der Waals surface area contributed by atoms with Crippen LogP contribution in [0.3, 0.4) is 0 Å². The van der Waals surface area contributed by atoms with Gasteiger partial charge < -0.3 is 5.32 Å². The maximum absolute atomic E-state index is 3.59. The van der Waals surface area contributed by atoms with E-state index in [1.165, 1.54) is 89.3 Å². The molecule has 0 aliphatic heterocycles. The van der Waals surface area contributed by atoms with Crippen LogP contribution in [0, 0.1) is 0 Å². The van der Waals surface area contributed by atoms with Gasteiger partial charge in [-0.1, -0.05) is 57.9 Å². The molecule has 0 bridgehead atoms. The van der Waals surface area contributed by atoms with Crippen molar-refractivity contribution in [2.24, 2.45) is 0 Å². The summed E-state index contributed by atoms with van der Waals surface area (Å²) < 4.78 is 0. The minimum Gasteiger partial charge on any atom is -0.389 e. The second-order valence-corrected chi connectivity index (χ2v) is 5.38. The summed E-state index contributed by atoms with van der Waals surface area (Å²) in [6.07, 6.45) is 19.1. The van der Waals surface area contributed by atoms with Gasteiger partial charge in [-0.15, -0.1) is 0 Å². The van der Waals surface area contributed by atoms with E-state index in [9.17, 15) is 0 Å². The third-order valence-electron chi connectivity index (χ3n) is 3.67. The molecule has 100 valence electrons. The Labute approximate surface area is 108 Å². The summed E-state index contributed by atoms with van der Waals surface area (Å²) in [5.74, 6) is 0. The second-order valence-electron chi connectivity index (χ2n) is 5.38. The van der Waals surface area contributed by atoms with Gasteiger partial charge in [-0.05, 0) is 32.1 Å². The molecule has 0 unspecified atom stereocenters. The summed E-state index contributed by atoms with van der Waals surface area (Å²) in [7, 11) is 0. The molecule has 0 aromatic carbocycles. The minimum atomic E-state index is 1.20. The van der Waals surface area contributed by atoms with Gasteiger partial charge in [0.2, 0.25) is 0 Å². The monoisotopic (exact) mass is 237 g/mol. The molecule has 0 saturated heterocycles. The van der Waals surface area contributed by atoms with E-state index in [0.717, 1.165) is 0 Å². The van der Waals surface area contributed by atoms with Crippen molar-refractivity contribution in [1.29, 1.82) is 0 Å². The molecule has 0 fully saturated rings. The second kappa shape index (κ2) is 10.7. The van der Waals surface area contributed by atoms with Crippen molar-refractivity contribution < 1.29 is 0 Å². The van der Waals surface area contributed by atoms with Gasteiger partial charge in [0.1, 0.15) is 0 Å². The number of nitrogens with one attached hydrogen (secondary N) is 1. The van der Waals surface area contributed by atoms with Gasteiger partial charge in [0.25, 0.3) is 0 Å². The fourth-order valence-corrected chi connectivity index (χ4v) is 2.51. The summed E-state index contributed by atoms with van der Waals surface area (Å²) in [4.78, 5) is 0. The van der Waals surface area contributed by atoms with Crippen LogP contribution in [0.4, 0.5) is 0 Å². The first kappa shape index (κ1) is 14.6. The average molecular weight is 237 g/mol. The van der Waals surface area contributed by atoms with Gasteiger partial charge in [-0.3, -0.25) is 0 Å². The Morgan fingerprint density at radius 3 is 2.29 bits per heavy atom. The lowest BCUT2D eigenvalue weighted by Crippen LogP contribution is -2.16. The van der Waals surface area contributed by atoms with Crippen LogP contribution in [0.15, 0.2) is 11.8 Å². The maximum atomic E-state index is 3.59. The molecule has 1 aliphatic carbocycles. The van der Waals surface area contributed by atoms with E-state index in [4.69, 9.17) is 0 Å². The molecular formula is C16H31N. The molecule has 17 heavy (non-hydrogen) atoms. The summed E-state index contributed by atoms with van der Waals surface area (Å²) in [5, 5.41) is 3.59. The van der Waals surface area contributed by atoms with Crippen molar-refractivity contribution in [2.45, 2.75) is 84.0 Å². The number of hydrogen-bond acceptors (Lipinski definition) is 1. The van der Waals surface area contributed by atoms with E-state index in [0.29, 0.717) is 0 Å². The molecule has 1 nitrogen and oxygen atoms in total. The van der Waals surface area contributed by atoms with Gasteiger partial charge in [0, 0.05) is 12.2 Å². The lowest BCUT2D eigenvalue weighted by molar-refractivity contribution is 0.559. The topological polar surface area (TPSA) is 12.0 Å². The Hall–Kier alpha value is -0.460. The smallest absolute Gasteiger partial charge is 0.0143 e. The van der Waals surface area contributed by atoms with E-state index < -0.39 is 0 Å². The van der Waals surface area contributed by atoms with Gasteiger partial charge in [0.15, 0.2) is 0 Å². The van der Waals surface area contributed by atoms with Crippen molar-refractivity contribution in [2.75, 3.05) is 6.54 Å². The molecule has 0 heterocycles. The maximum Gasteiger partial charge on any atom is 0.0143 e. The minimum absolute atomic E-state index is 1.20. The van der Waals surface area contributed by atoms with Crippen molar-refractivity contribution in [3.8, 4) is 0 Å². The van der Waals surface area contributed by atoms with E-state index in [1.807, 2.05) is 0 Å². The molecule has 0 amide bonds. The summed E-state index contributed by atoms with van der Waals surface area (Å²) in [6.45, 7) is 3.48. The van der Waals surface area contributed by atoms with Crippen LogP contribution >= 0.6 is 0 Å². The van der Waals surface area contributed by atoms with Gasteiger partial charge in [0.05, 0.1) is 0 Å². The highest BCUT2D eigenvalue weighted by molar-refractivity contribution is 5.02. The Morgan fingerprint density at radius 2 is 1.65 bits per heavy atom. The first-order valence-corrected chi connectivity index (χ1v) is 7.86. The first-order valence-electron chi connectivity index (χ1n) is 7.86. The van der Waals surface area contributed by atoms with E-state index >= 15 is 0 Å². The molecule has 0 aromatic heterocycles. The van der Waals surface area contributed by atoms with Crippen LogP contribution in [0.25, 0.3) is 0 Å². The number of hydrogen-bond donors (Lipinski definition) is 1. The largest absolute Gasteiger partial charge is 0.389 e. The third-order valence-corrected chi connectivity index (χ3v) is 3.67. The Balaban J connectivity index is 1.79. The van der Waals surface area contributed by atoms with Crippen LogP contribution in [0.2, 0.25) is 0 Å². The zero-order valence-electron chi connectivity index (χ0n) is 11.8. The van der Waals surface area contributed by atoms with Crippen molar-refractivity contribution in [3.63, 3.8) is 0 Å².